The summed E-state index contributed by atoms with van der Waals surface area (Å²) >= 11 is 0. The van der Waals surface area contributed by atoms with Crippen molar-refractivity contribution in [3.8, 4) is 5.75 Å². The van der Waals surface area contributed by atoms with Crippen molar-refractivity contribution >= 4 is 16.7 Å². The SMILES string of the molecule is CNc1cccc(COc2cccc3cccnc23)n1. The van der Waals surface area contributed by atoms with Crippen LogP contribution in [0.5, 0.6) is 5.75 Å². The molecule has 2 heterocycles. The number of hydrogen-bond donors (Lipinski definition) is 1. The monoisotopic (exact) mass is 265 g/mol. The van der Waals surface area contributed by atoms with Gasteiger partial charge in [-0.25, -0.2) is 4.98 Å². The largest absolute Gasteiger partial charge is 0.485 e. The van der Waals surface area contributed by atoms with E-state index in [0.717, 1.165) is 28.2 Å². The molecule has 0 bridgehead atoms. The Hall–Kier alpha value is -2.62. The van der Waals surface area contributed by atoms with Gasteiger partial charge in [0, 0.05) is 18.6 Å². The highest BCUT2D eigenvalue weighted by atomic mass is 16.5. The summed E-state index contributed by atoms with van der Waals surface area (Å²) in [4.78, 5) is 8.80. The average Bonchev–Trinajstić information content (AvgIpc) is 2.53. The second-order valence-corrected chi connectivity index (χ2v) is 4.38. The van der Waals surface area contributed by atoms with Gasteiger partial charge in [-0.1, -0.05) is 24.3 Å². The van der Waals surface area contributed by atoms with E-state index in [1.165, 1.54) is 0 Å². The fourth-order valence-corrected chi connectivity index (χ4v) is 2.04. The Bertz CT molecular complexity index is 722. The third kappa shape index (κ3) is 2.54. The quantitative estimate of drug-likeness (QED) is 0.786. The third-order valence-corrected chi connectivity index (χ3v) is 3.03. The number of nitrogens with one attached hydrogen (secondary N) is 1. The predicted octanol–water partition coefficient (Wildman–Crippen LogP) is 3.25. The second kappa shape index (κ2) is 5.57. The van der Waals surface area contributed by atoms with Crippen molar-refractivity contribution in [3.05, 3.63) is 60.4 Å². The van der Waals surface area contributed by atoms with Crippen LogP contribution < -0.4 is 10.1 Å². The van der Waals surface area contributed by atoms with Gasteiger partial charge in [0.2, 0.25) is 0 Å². The summed E-state index contributed by atoms with van der Waals surface area (Å²) in [7, 11) is 1.85. The van der Waals surface area contributed by atoms with E-state index in [0.29, 0.717) is 6.61 Å². The van der Waals surface area contributed by atoms with Crippen LogP contribution in [-0.2, 0) is 6.61 Å². The van der Waals surface area contributed by atoms with Crippen molar-refractivity contribution in [2.24, 2.45) is 0 Å². The lowest BCUT2D eigenvalue weighted by molar-refractivity contribution is 0.304. The molecule has 0 atom stereocenters. The minimum Gasteiger partial charge on any atom is -0.485 e. The molecule has 4 heteroatoms. The molecule has 0 saturated heterocycles. The topological polar surface area (TPSA) is 47.0 Å². The maximum absolute atomic E-state index is 5.85. The Morgan fingerprint density at radius 3 is 2.80 bits per heavy atom. The Labute approximate surface area is 117 Å². The first-order valence-corrected chi connectivity index (χ1v) is 6.47. The first kappa shape index (κ1) is 12.4. The molecule has 0 fully saturated rings. The van der Waals surface area contributed by atoms with Crippen LogP contribution in [0.25, 0.3) is 10.9 Å². The lowest BCUT2D eigenvalue weighted by Crippen LogP contribution is -2.01. The summed E-state index contributed by atoms with van der Waals surface area (Å²) in [5.41, 5.74) is 1.75. The zero-order valence-corrected chi connectivity index (χ0v) is 11.2. The van der Waals surface area contributed by atoms with Crippen LogP contribution in [0, 0.1) is 0 Å². The summed E-state index contributed by atoms with van der Waals surface area (Å²) in [6, 6.07) is 15.7. The number of anilines is 1. The summed E-state index contributed by atoms with van der Waals surface area (Å²) in [5.74, 6) is 1.61. The van der Waals surface area contributed by atoms with Gasteiger partial charge in [-0.15, -0.1) is 0 Å². The Morgan fingerprint density at radius 2 is 1.90 bits per heavy atom. The Balaban J connectivity index is 1.83. The molecule has 0 spiro atoms. The normalized spacial score (nSPS) is 10.4. The van der Waals surface area contributed by atoms with E-state index in [2.05, 4.69) is 15.3 Å². The van der Waals surface area contributed by atoms with Crippen LogP contribution in [0.1, 0.15) is 5.69 Å². The molecule has 0 aliphatic rings. The van der Waals surface area contributed by atoms with E-state index in [1.807, 2.05) is 55.6 Å². The molecule has 0 unspecified atom stereocenters. The smallest absolute Gasteiger partial charge is 0.146 e. The van der Waals surface area contributed by atoms with Gasteiger partial charge < -0.3 is 10.1 Å². The fourth-order valence-electron chi connectivity index (χ4n) is 2.04. The fraction of sp³-hybridized carbons (Fsp3) is 0.125. The van der Waals surface area contributed by atoms with Crippen molar-refractivity contribution < 1.29 is 4.74 Å². The first-order chi connectivity index (χ1) is 9.86. The summed E-state index contributed by atoms with van der Waals surface area (Å²) in [5, 5.41) is 4.09. The Kier molecular flexibility index (Phi) is 3.46. The molecule has 1 N–H and O–H groups in total. The van der Waals surface area contributed by atoms with Crippen LogP contribution in [0.3, 0.4) is 0 Å². The highest BCUT2D eigenvalue weighted by Crippen LogP contribution is 2.23. The average molecular weight is 265 g/mol. The zero-order valence-electron chi connectivity index (χ0n) is 11.2. The van der Waals surface area contributed by atoms with Crippen LogP contribution >= 0.6 is 0 Å². The summed E-state index contributed by atoms with van der Waals surface area (Å²) in [6.07, 6.45) is 1.77. The minimum absolute atomic E-state index is 0.422. The van der Waals surface area contributed by atoms with Gasteiger partial charge in [0.05, 0.1) is 5.69 Å². The van der Waals surface area contributed by atoms with Crippen LogP contribution in [0.2, 0.25) is 0 Å². The number of hydrogen-bond acceptors (Lipinski definition) is 4. The number of nitrogens with zero attached hydrogens (tertiary/aromatic N) is 2. The summed E-state index contributed by atoms with van der Waals surface area (Å²) in [6.45, 7) is 0.422. The number of para-hydroxylation sites is 1. The zero-order chi connectivity index (χ0) is 13.8. The number of ether oxygens (including phenoxy) is 1. The van der Waals surface area contributed by atoms with Crippen molar-refractivity contribution in [1.82, 2.24) is 9.97 Å². The molecule has 0 aliphatic heterocycles. The first-order valence-electron chi connectivity index (χ1n) is 6.47. The minimum atomic E-state index is 0.422. The molecule has 0 aliphatic carbocycles. The van der Waals surface area contributed by atoms with Gasteiger partial charge in [-0.2, -0.15) is 0 Å². The number of rotatable bonds is 4. The maximum atomic E-state index is 5.85. The molecule has 3 rings (SSSR count). The second-order valence-electron chi connectivity index (χ2n) is 4.38. The van der Waals surface area contributed by atoms with Crippen molar-refractivity contribution in [2.75, 3.05) is 12.4 Å². The lowest BCUT2D eigenvalue weighted by atomic mass is 10.2. The van der Waals surface area contributed by atoms with Crippen LogP contribution in [0.15, 0.2) is 54.7 Å². The van der Waals surface area contributed by atoms with E-state index < -0.39 is 0 Å². The predicted molar refractivity (Wildman–Crippen MR) is 79.9 cm³/mol. The molecule has 0 amide bonds. The van der Waals surface area contributed by atoms with E-state index in [9.17, 15) is 0 Å². The number of aromatic nitrogens is 2. The van der Waals surface area contributed by atoms with Gasteiger partial charge >= 0.3 is 0 Å². The number of fused-ring (bicyclic) bond motifs is 1. The molecular weight excluding hydrogens is 250 g/mol. The van der Waals surface area contributed by atoms with Gasteiger partial charge in [0.15, 0.2) is 0 Å². The van der Waals surface area contributed by atoms with Crippen LogP contribution in [0.4, 0.5) is 5.82 Å². The van der Waals surface area contributed by atoms with E-state index in [1.54, 1.807) is 6.20 Å². The number of benzene rings is 1. The molecule has 0 saturated carbocycles. The Morgan fingerprint density at radius 1 is 1.05 bits per heavy atom. The number of pyridine rings is 2. The highest BCUT2D eigenvalue weighted by Gasteiger charge is 2.04. The molecule has 2 aromatic heterocycles. The lowest BCUT2D eigenvalue weighted by Gasteiger charge is -2.09. The molecule has 20 heavy (non-hydrogen) atoms. The van der Waals surface area contributed by atoms with E-state index in [-0.39, 0.29) is 0 Å². The molecule has 3 aromatic rings. The van der Waals surface area contributed by atoms with Gasteiger partial charge in [0.1, 0.15) is 23.7 Å². The van der Waals surface area contributed by atoms with E-state index in [4.69, 9.17) is 4.74 Å². The molecule has 1 aromatic carbocycles. The van der Waals surface area contributed by atoms with Crippen molar-refractivity contribution in [3.63, 3.8) is 0 Å². The van der Waals surface area contributed by atoms with Gasteiger partial charge in [0.25, 0.3) is 0 Å². The van der Waals surface area contributed by atoms with Crippen molar-refractivity contribution in [1.29, 1.82) is 0 Å². The van der Waals surface area contributed by atoms with Crippen molar-refractivity contribution in [2.45, 2.75) is 6.61 Å². The maximum Gasteiger partial charge on any atom is 0.146 e. The molecule has 100 valence electrons. The highest BCUT2D eigenvalue weighted by molar-refractivity contribution is 5.84. The molecule has 4 nitrogen and oxygen atoms in total. The summed E-state index contributed by atoms with van der Waals surface area (Å²) < 4.78 is 5.85. The standard InChI is InChI=1S/C16H15N3O/c1-17-15-9-3-7-13(19-15)11-20-14-8-2-5-12-6-4-10-18-16(12)14/h2-10H,11H2,1H3,(H,17,19). The van der Waals surface area contributed by atoms with Gasteiger partial charge in [-0.3, -0.25) is 4.98 Å². The van der Waals surface area contributed by atoms with E-state index >= 15 is 0 Å². The molecule has 0 radical (unpaired) electrons. The molecular formula is C16H15N3O. The van der Waals surface area contributed by atoms with Gasteiger partial charge in [-0.05, 0) is 24.3 Å². The third-order valence-electron chi connectivity index (χ3n) is 3.03. The van der Waals surface area contributed by atoms with Crippen LogP contribution in [-0.4, -0.2) is 17.0 Å².